The summed E-state index contributed by atoms with van der Waals surface area (Å²) in [6.07, 6.45) is 1.84. The van der Waals surface area contributed by atoms with Gasteiger partial charge in [-0.1, -0.05) is 27.2 Å². The SMILES string of the molecule is CC1(C)CCC[C@]2(C)[C@@H]1CC[C@@]13C[C@](O)(CO)[C@@](O)(C1)[C@@H](O)C(=O)[C@@]32O. The van der Waals surface area contributed by atoms with Gasteiger partial charge < -0.3 is 25.5 Å². The molecule has 4 rings (SSSR count). The number of aliphatic hydroxyl groups is 5. The van der Waals surface area contributed by atoms with Gasteiger partial charge in [-0.2, -0.15) is 0 Å². The zero-order chi connectivity index (χ0) is 19.4. The fourth-order valence-electron chi connectivity index (χ4n) is 7.86. The van der Waals surface area contributed by atoms with Crippen LogP contribution in [-0.4, -0.2) is 60.8 Å². The fraction of sp³-hybridized carbons (Fsp3) is 0.950. The highest BCUT2D eigenvalue weighted by Crippen LogP contribution is 2.74. The van der Waals surface area contributed by atoms with Crippen molar-refractivity contribution >= 4 is 5.78 Å². The predicted molar refractivity (Wildman–Crippen MR) is 93.1 cm³/mol. The van der Waals surface area contributed by atoms with E-state index >= 15 is 0 Å². The molecule has 2 bridgehead atoms. The Bertz CT molecular complexity index is 659. The van der Waals surface area contributed by atoms with Gasteiger partial charge in [-0.15, -0.1) is 0 Å². The highest BCUT2D eigenvalue weighted by molar-refractivity contribution is 5.96. The summed E-state index contributed by atoms with van der Waals surface area (Å²) in [6.45, 7) is 5.55. The molecule has 4 saturated carbocycles. The summed E-state index contributed by atoms with van der Waals surface area (Å²) in [4.78, 5) is 13.4. The standard InChI is InChI=1S/C20H32O6/c1-15(2)6-4-7-16(3)12(15)5-8-17-9-18(24,11-21)19(25,10-17)13(22)14(23)20(16,17)26/h12-13,21-22,24-26H,4-11H2,1-3H3/t12-,13+,16-,17-,18+,19-,20+/m1/s1. The molecular weight excluding hydrogens is 336 g/mol. The van der Waals surface area contributed by atoms with Gasteiger partial charge in [0.1, 0.15) is 22.9 Å². The van der Waals surface area contributed by atoms with Crippen LogP contribution < -0.4 is 0 Å². The van der Waals surface area contributed by atoms with E-state index in [1.807, 2.05) is 6.92 Å². The highest BCUT2D eigenvalue weighted by Gasteiger charge is 2.83. The molecule has 0 aromatic carbocycles. The van der Waals surface area contributed by atoms with Crippen LogP contribution in [0.25, 0.3) is 0 Å². The third-order valence-electron chi connectivity index (χ3n) is 9.10. The Morgan fingerprint density at radius 3 is 2.31 bits per heavy atom. The summed E-state index contributed by atoms with van der Waals surface area (Å²) in [5.41, 5.74) is -7.69. The molecule has 0 radical (unpaired) electrons. The molecule has 0 aliphatic heterocycles. The normalized spacial score (nSPS) is 58.2. The summed E-state index contributed by atoms with van der Waals surface area (Å²) in [7, 11) is 0. The molecule has 4 aliphatic rings. The quantitative estimate of drug-likeness (QED) is 0.461. The van der Waals surface area contributed by atoms with E-state index in [1.165, 1.54) is 0 Å². The summed E-state index contributed by atoms with van der Waals surface area (Å²) in [6, 6.07) is 0. The second-order valence-corrected chi connectivity index (χ2v) is 10.6. The zero-order valence-corrected chi connectivity index (χ0v) is 16.0. The van der Waals surface area contributed by atoms with E-state index in [-0.39, 0.29) is 24.2 Å². The number of hydrogen-bond donors (Lipinski definition) is 5. The van der Waals surface area contributed by atoms with Crippen molar-refractivity contribution in [2.45, 2.75) is 88.6 Å². The second kappa shape index (κ2) is 4.90. The molecule has 0 heterocycles. The third kappa shape index (κ3) is 1.70. The van der Waals surface area contributed by atoms with Crippen molar-refractivity contribution in [2.24, 2.45) is 22.2 Å². The first kappa shape index (κ1) is 18.8. The van der Waals surface area contributed by atoms with Gasteiger partial charge in [0.2, 0.25) is 0 Å². The minimum absolute atomic E-state index is 0.0325. The number of carbonyl (C=O) groups excluding carboxylic acids is 1. The first-order valence-corrected chi connectivity index (χ1v) is 9.84. The van der Waals surface area contributed by atoms with Crippen molar-refractivity contribution < 1.29 is 30.3 Å². The maximum absolute atomic E-state index is 13.4. The first-order chi connectivity index (χ1) is 11.8. The molecule has 0 saturated heterocycles. The molecule has 6 heteroatoms. The number of fused-ring (bicyclic) bond motifs is 3. The zero-order valence-electron chi connectivity index (χ0n) is 16.0. The van der Waals surface area contributed by atoms with Gasteiger partial charge in [0.15, 0.2) is 5.78 Å². The maximum atomic E-state index is 13.4. The lowest BCUT2D eigenvalue weighted by Gasteiger charge is -2.67. The molecule has 4 fully saturated rings. The minimum atomic E-state index is -2.11. The second-order valence-electron chi connectivity index (χ2n) is 10.6. The largest absolute Gasteiger partial charge is 0.393 e. The molecule has 0 amide bonds. The van der Waals surface area contributed by atoms with Crippen LogP contribution in [0, 0.1) is 22.2 Å². The predicted octanol–water partition coefficient (Wildman–Crippen LogP) is 0.522. The van der Waals surface area contributed by atoms with Crippen LogP contribution in [0.3, 0.4) is 0 Å². The minimum Gasteiger partial charge on any atom is -0.393 e. The van der Waals surface area contributed by atoms with E-state index in [4.69, 9.17) is 0 Å². The summed E-state index contributed by atoms with van der Waals surface area (Å²) in [5, 5.41) is 54.4. The summed E-state index contributed by atoms with van der Waals surface area (Å²) >= 11 is 0. The van der Waals surface area contributed by atoms with Gasteiger partial charge >= 0.3 is 0 Å². The molecule has 148 valence electrons. The van der Waals surface area contributed by atoms with Crippen molar-refractivity contribution in [1.82, 2.24) is 0 Å². The van der Waals surface area contributed by atoms with E-state index < -0.39 is 46.1 Å². The molecule has 0 unspecified atom stereocenters. The summed E-state index contributed by atoms with van der Waals surface area (Å²) < 4.78 is 0. The number of aliphatic hydroxyl groups excluding tert-OH is 2. The van der Waals surface area contributed by atoms with Gasteiger partial charge in [0, 0.05) is 10.8 Å². The maximum Gasteiger partial charge on any atom is 0.196 e. The van der Waals surface area contributed by atoms with Crippen LogP contribution in [0.4, 0.5) is 0 Å². The molecule has 26 heavy (non-hydrogen) atoms. The molecular formula is C20H32O6. The van der Waals surface area contributed by atoms with E-state index in [9.17, 15) is 30.3 Å². The number of carbonyl (C=O) groups is 1. The fourth-order valence-corrected chi connectivity index (χ4v) is 7.86. The van der Waals surface area contributed by atoms with Gasteiger partial charge in [0.25, 0.3) is 0 Å². The monoisotopic (exact) mass is 368 g/mol. The molecule has 1 spiro atoms. The van der Waals surface area contributed by atoms with Crippen LogP contribution in [0.5, 0.6) is 0 Å². The Labute approximate surface area is 154 Å². The van der Waals surface area contributed by atoms with Crippen LogP contribution in [0.15, 0.2) is 0 Å². The lowest BCUT2D eigenvalue weighted by Crippen LogP contribution is -2.76. The molecule has 7 atom stereocenters. The average Bonchev–Trinajstić information content (AvgIpc) is 2.78. The molecule has 5 N–H and O–H groups in total. The molecule has 4 aliphatic carbocycles. The van der Waals surface area contributed by atoms with Crippen molar-refractivity contribution in [3.8, 4) is 0 Å². The Morgan fingerprint density at radius 2 is 1.69 bits per heavy atom. The average molecular weight is 368 g/mol. The number of ketones is 1. The smallest absolute Gasteiger partial charge is 0.196 e. The van der Waals surface area contributed by atoms with Gasteiger partial charge in [-0.3, -0.25) is 4.79 Å². The van der Waals surface area contributed by atoms with Crippen molar-refractivity contribution in [2.75, 3.05) is 6.61 Å². The molecule has 0 aromatic heterocycles. The van der Waals surface area contributed by atoms with Gasteiger partial charge in [-0.25, -0.2) is 0 Å². The third-order valence-corrected chi connectivity index (χ3v) is 9.10. The van der Waals surface area contributed by atoms with Crippen molar-refractivity contribution in [3.05, 3.63) is 0 Å². The van der Waals surface area contributed by atoms with E-state index in [1.54, 1.807) is 0 Å². The number of hydrogen-bond acceptors (Lipinski definition) is 6. The van der Waals surface area contributed by atoms with Gasteiger partial charge in [-0.05, 0) is 49.9 Å². The Balaban J connectivity index is 1.92. The van der Waals surface area contributed by atoms with E-state index in [2.05, 4.69) is 13.8 Å². The number of Topliss-reactive ketones (excluding diaryl/α,β-unsaturated/α-hetero) is 1. The van der Waals surface area contributed by atoms with Crippen LogP contribution in [-0.2, 0) is 4.79 Å². The van der Waals surface area contributed by atoms with E-state index in [0.29, 0.717) is 12.8 Å². The topological polar surface area (TPSA) is 118 Å². The Kier molecular flexibility index (Phi) is 3.54. The van der Waals surface area contributed by atoms with Crippen LogP contribution in [0.2, 0.25) is 0 Å². The van der Waals surface area contributed by atoms with Crippen LogP contribution >= 0.6 is 0 Å². The van der Waals surface area contributed by atoms with Gasteiger partial charge in [0.05, 0.1) is 6.61 Å². The molecule has 6 nitrogen and oxygen atoms in total. The Hall–Kier alpha value is -0.530. The molecule has 0 aromatic rings. The van der Waals surface area contributed by atoms with Crippen LogP contribution in [0.1, 0.15) is 65.7 Å². The van der Waals surface area contributed by atoms with Crippen molar-refractivity contribution in [1.29, 1.82) is 0 Å². The number of rotatable bonds is 1. The van der Waals surface area contributed by atoms with Crippen molar-refractivity contribution in [3.63, 3.8) is 0 Å². The van der Waals surface area contributed by atoms with E-state index in [0.717, 1.165) is 19.3 Å². The summed E-state index contributed by atoms with van der Waals surface area (Å²) in [5.74, 6) is -0.662. The lowest BCUT2D eigenvalue weighted by atomic mass is 9.38. The Morgan fingerprint density at radius 1 is 1.04 bits per heavy atom. The first-order valence-electron chi connectivity index (χ1n) is 9.84. The highest BCUT2D eigenvalue weighted by atomic mass is 16.4. The lowest BCUT2D eigenvalue weighted by molar-refractivity contribution is -0.266.